The highest BCUT2D eigenvalue weighted by Crippen LogP contribution is 2.41. The number of carbonyl (C=O) groups excluding carboxylic acids is 3. The first kappa shape index (κ1) is 55.9. The van der Waals surface area contributed by atoms with Crippen molar-refractivity contribution in [2.24, 2.45) is 5.92 Å². The number of rotatable bonds is 16. The van der Waals surface area contributed by atoms with E-state index in [0.717, 1.165) is 84.7 Å². The number of aromatic nitrogens is 5. The molecule has 6 aromatic rings. The Bertz CT molecular complexity index is 3250. The molecule has 12 rings (SSSR count). The second kappa shape index (κ2) is 24.0. The van der Waals surface area contributed by atoms with Crippen molar-refractivity contribution in [2.75, 3.05) is 66.2 Å². The number of aliphatic hydroxyl groups excluding tert-OH is 1. The van der Waals surface area contributed by atoms with Crippen LogP contribution in [0.2, 0.25) is 0 Å². The summed E-state index contributed by atoms with van der Waals surface area (Å²) in [5.41, 5.74) is 14.3. The fourth-order valence-electron chi connectivity index (χ4n) is 13.1. The molecule has 6 fully saturated rings. The maximum atomic E-state index is 14.4. The van der Waals surface area contributed by atoms with E-state index in [-0.39, 0.29) is 85.1 Å². The summed E-state index contributed by atoms with van der Waals surface area (Å²) in [4.78, 5) is 61.8. The standard InChI is InChI=1S/C61H74N12O9S/c1-35(2)56(60(77)72-33-43(74)26-51(72)59(76)65-36(3)38-9-11-39(12-10-38)57-37(4)64-34-83-57)53-30-54(68-82-53)69-21-16-45(17-22-69)81-61(78)70-23-18-44(19-24-70)79-46-27-47(28-46)80-55-25-40(15-20-63-55)73-41-13-14-42(73)32-71(31-41)50-29-49(66-67-58(50)62)48-7-5-6-8-52(48)75/h5-12,15,20,25,29-30,34-36,41-47,51,56,74-75H,13-14,16-19,21-24,26-28,31-33H2,1-4H3,(H2,62,67)(H,65,76)/t36-,41?,42?,43+,46?,47?,51-,56-/m0/s1. The van der Waals surface area contributed by atoms with E-state index in [0.29, 0.717) is 73.6 Å². The van der Waals surface area contributed by atoms with E-state index in [2.05, 4.69) is 57.5 Å². The van der Waals surface area contributed by atoms with Crippen molar-refractivity contribution in [3.63, 3.8) is 0 Å². The van der Waals surface area contributed by atoms with Gasteiger partial charge in [0.25, 0.3) is 0 Å². The van der Waals surface area contributed by atoms with E-state index in [1.165, 1.54) is 4.90 Å². The number of nitrogens with two attached hydrogens (primary N) is 1. The smallest absolute Gasteiger partial charge is 0.410 e. The number of thiazole rings is 1. The van der Waals surface area contributed by atoms with Gasteiger partial charge < -0.3 is 64.5 Å². The largest absolute Gasteiger partial charge is 0.507 e. The summed E-state index contributed by atoms with van der Waals surface area (Å²) in [6.07, 6.45) is 7.13. The SMILES string of the molecule is Cc1ncsc1-c1ccc([C@H](C)NC(=O)[C@@H]2C[C@@H](O)CN2C(=O)[C@H](c2cc(N3CCC(OC(=O)N4CCC(OC5CC(Oc6cc(N7C8CCC7CN(c7cc(-c9ccccc9O)nnc7N)C8)ccn6)C5)CC4)CC3)no2)C(C)C)cc1. The lowest BCUT2D eigenvalue weighted by Crippen LogP contribution is -2.54. The number of nitrogens with one attached hydrogen (secondary N) is 1. The molecule has 438 valence electrons. The highest BCUT2D eigenvalue weighted by atomic mass is 32.1. The van der Waals surface area contributed by atoms with Crippen LogP contribution in [0, 0.1) is 12.8 Å². The Morgan fingerprint density at radius 1 is 0.807 bits per heavy atom. The zero-order chi connectivity index (χ0) is 57.5. The highest BCUT2D eigenvalue weighted by molar-refractivity contribution is 7.13. The number of aliphatic hydroxyl groups is 1. The third-order valence-corrected chi connectivity index (χ3v) is 18.7. The third kappa shape index (κ3) is 12.0. The Hall–Kier alpha value is -7.56. The van der Waals surface area contributed by atoms with E-state index in [1.807, 2.05) is 81.9 Å². The number of anilines is 4. The molecule has 2 unspecified atom stereocenters. The lowest BCUT2D eigenvalue weighted by molar-refractivity contribution is -0.141. The molecule has 1 saturated carbocycles. The molecule has 5 N–H and O–H groups in total. The molecule has 2 aromatic carbocycles. The molecule has 6 atom stereocenters. The molecule has 5 aliphatic heterocycles. The Balaban J connectivity index is 0.562. The normalized spacial score (nSPS) is 23.8. The van der Waals surface area contributed by atoms with Crippen LogP contribution in [0.1, 0.15) is 108 Å². The van der Waals surface area contributed by atoms with Gasteiger partial charge in [0.15, 0.2) is 17.4 Å². The quantitative estimate of drug-likeness (QED) is 0.0719. The predicted octanol–water partition coefficient (Wildman–Crippen LogP) is 7.88. The maximum absolute atomic E-state index is 14.4. The van der Waals surface area contributed by atoms with Crippen molar-refractivity contribution < 1.29 is 43.3 Å². The number of aryl methyl sites for hydroxylation is 1. The van der Waals surface area contributed by atoms with Crippen LogP contribution in [0.5, 0.6) is 11.6 Å². The van der Waals surface area contributed by atoms with E-state index < -0.39 is 18.1 Å². The van der Waals surface area contributed by atoms with Gasteiger partial charge in [0, 0.05) is 120 Å². The summed E-state index contributed by atoms with van der Waals surface area (Å²) in [7, 11) is 0. The summed E-state index contributed by atoms with van der Waals surface area (Å²) in [5.74, 6) is 0.624. The number of phenolic OH excluding ortho intramolecular Hbond substituents is 1. The number of para-hydroxylation sites is 1. The van der Waals surface area contributed by atoms with Gasteiger partial charge in [-0.05, 0) is 80.8 Å². The molecule has 1 aliphatic carbocycles. The van der Waals surface area contributed by atoms with Crippen LogP contribution < -0.4 is 30.5 Å². The van der Waals surface area contributed by atoms with Gasteiger partial charge >= 0.3 is 6.09 Å². The zero-order valence-corrected chi connectivity index (χ0v) is 48.3. The first-order valence-corrected chi connectivity index (χ1v) is 30.3. The molecule has 22 heteroatoms. The first-order chi connectivity index (χ1) is 40.2. The summed E-state index contributed by atoms with van der Waals surface area (Å²) < 4.78 is 24.9. The van der Waals surface area contributed by atoms with E-state index >= 15 is 0 Å². The number of piperazine rings is 1. The Kier molecular flexibility index (Phi) is 16.2. The molecule has 9 heterocycles. The number of phenols is 1. The number of ether oxygens (including phenoxy) is 3. The molecule has 5 saturated heterocycles. The van der Waals surface area contributed by atoms with Crippen LogP contribution in [0.4, 0.5) is 27.8 Å². The molecule has 0 spiro atoms. The summed E-state index contributed by atoms with van der Waals surface area (Å²) in [5, 5.41) is 37.3. The number of aromatic hydroxyl groups is 1. The molecular formula is C61H74N12O9S. The number of hydrogen-bond acceptors (Lipinski definition) is 19. The van der Waals surface area contributed by atoms with Gasteiger partial charge in [-0.1, -0.05) is 55.4 Å². The molecule has 3 amide bonds. The monoisotopic (exact) mass is 1150 g/mol. The molecule has 4 aromatic heterocycles. The van der Waals surface area contributed by atoms with E-state index in [1.54, 1.807) is 34.4 Å². The Morgan fingerprint density at radius 2 is 1.54 bits per heavy atom. The second-order valence-corrected chi connectivity index (χ2v) is 24.5. The Morgan fingerprint density at radius 3 is 2.25 bits per heavy atom. The molecule has 83 heavy (non-hydrogen) atoms. The lowest BCUT2D eigenvalue weighted by Gasteiger charge is -2.43. The van der Waals surface area contributed by atoms with Gasteiger partial charge in [0.1, 0.15) is 29.9 Å². The van der Waals surface area contributed by atoms with Gasteiger partial charge in [-0.25, -0.2) is 14.8 Å². The number of benzene rings is 2. The third-order valence-electron chi connectivity index (χ3n) is 17.7. The minimum atomic E-state index is -0.842. The molecule has 2 bridgehead atoms. The number of piperidine rings is 2. The van der Waals surface area contributed by atoms with Crippen LogP contribution in [-0.2, 0) is 19.1 Å². The van der Waals surface area contributed by atoms with Gasteiger partial charge in [-0.15, -0.1) is 21.5 Å². The molecule has 0 radical (unpaired) electrons. The fourth-order valence-corrected chi connectivity index (χ4v) is 13.9. The number of pyridine rings is 1. The van der Waals surface area contributed by atoms with Crippen LogP contribution in [0.3, 0.4) is 0 Å². The number of nitrogen functional groups attached to an aromatic ring is 1. The zero-order valence-electron chi connectivity index (χ0n) is 47.5. The van der Waals surface area contributed by atoms with Crippen molar-refractivity contribution in [1.82, 2.24) is 40.4 Å². The van der Waals surface area contributed by atoms with Gasteiger partial charge in [-0.2, -0.15) is 0 Å². The first-order valence-electron chi connectivity index (χ1n) is 29.4. The summed E-state index contributed by atoms with van der Waals surface area (Å²) in [6, 6.07) is 22.4. The second-order valence-electron chi connectivity index (χ2n) is 23.6. The number of hydrogen-bond donors (Lipinski definition) is 4. The molecular weight excluding hydrogens is 1080 g/mol. The average molecular weight is 1150 g/mol. The number of carbonyl (C=O) groups is 3. The average Bonchev–Trinajstić information content (AvgIpc) is 4.03. The number of likely N-dealkylation sites (tertiary alicyclic amines) is 2. The number of fused-ring (bicyclic) bond motifs is 2. The fraction of sp³-hybridized carbons (Fsp3) is 0.508. The number of β-amino-alcohol motifs (C(OH)–C–C–N with tert-alkyl or cyclic N) is 1. The van der Waals surface area contributed by atoms with Crippen LogP contribution in [0.25, 0.3) is 21.7 Å². The topological polar surface area (TPSA) is 251 Å². The summed E-state index contributed by atoms with van der Waals surface area (Å²) in [6.45, 7) is 11.7. The van der Waals surface area contributed by atoms with E-state index in [4.69, 9.17) is 24.5 Å². The van der Waals surface area contributed by atoms with Crippen molar-refractivity contribution in [3.05, 3.63) is 102 Å². The highest BCUT2D eigenvalue weighted by Gasteiger charge is 2.45. The number of amides is 3. The Labute approximate surface area is 487 Å². The minimum Gasteiger partial charge on any atom is -0.507 e. The van der Waals surface area contributed by atoms with Crippen molar-refractivity contribution in [1.29, 1.82) is 0 Å². The molecule has 6 aliphatic rings. The molecule has 21 nitrogen and oxygen atoms in total. The van der Waals surface area contributed by atoms with Crippen LogP contribution in [-0.4, -0.2) is 158 Å². The van der Waals surface area contributed by atoms with Gasteiger partial charge in [0.05, 0.1) is 51.8 Å². The predicted molar refractivity (Wildman–Crippen MR) is 313 cm³/mol. The van der Waals surface area contributed by atoms with Crippen molar-refractivity contribution in [2.45, 2.75) is 146 Å². The van der Waals surface area contributed by atoms with Crippen LogP contribution in [0.15, 0.2) is 89.0 Å². The van der Waals surface area contributed by atoms with Crippen molar-refractivity contribution in [3.8, 4) is 33.3 Å². The van der Waals surface area contributed by atoms with Crippen LogP contribution >= 0.6 is 11.3 Å². The van der Waals surface area contributed by atoms with Gasteiger partial charge in [-0.3, -0.25) is 9.59 Å². The van der Waals surface area contributed by atoms with Gasteiger partial charge in [0.2, 0.25) is 17.7 Å². The maximum Gasteiger partial charge on any atom is 0.410 e. The lowest BCUT2D eigenvalue weighted by atomic mass is 9.91. The van der Waals surface area contributed by atoms with Crippen molar-refractivity contribution >= 4 is 52.3 Å². The number of nitrogens with zero attached hydrogens (tertiary/aromatic N) is 10. The summed E-state index contributed by atoms with van der Waals surface area (Å²) >= 11 is 1.59. The minimum absolute atomic E-state index is 0.0148. The van der Waals surface area contributed by atoms with E-state index in [9.17, 15) is 24.6 Å².